The van der Waals surface area contributed by atoms with Crippen LogP contribution in [-0.4, -0.2) is 49.9 Å². The van der Waals surface area contributed by atoms with Gasteiger partial charge in [-0.1, -0.05) is 6.92 Å². The smallest absolute Gasteiger partial charge is 0.222 e. The van der Waals surface area contributed by atoms with E-state index in [1.54, 1.807) is 0 Å². The molecule has 1 atom stereocenters. The molecule has 0 aromatic heterocycles. The van der Waals surface area contributed by atoms with Crippen LogP contribution < -0.4 is 0 Å². The summed E-state index contributed by atoms with van der Waals surface area (Å²) in [5.74, 6) is 0.293. The minimum atomic E-state index is 0.204. The van der Waals surface area contributed by atoms with Gasteiger partial charge in [0.05, 0.1) is 0 Å². The molecule has 0 aromatic rings. The maximum atomic E-state index is 11.3. The van der Waals surface area contributed by atoms with E-state index in [9.17, 15) is 4.79 Å². The first-order valence-corrected chi connectivity index (χ1v) is 4.82. The number of hydrogen-bond acceptors (Lipinski definition) is 2. The van der Waals surface area contributed by atoms with Crippen LogP contribution in [0.4, 0.5) is 0 Å². The molecule has 1 unspecified atom stereocenters. The molecule has 0 aliphatic carbocycles. The van der Waals surface area contributed by atoms with E-state index in [-0.39, 0.29) is 5.41 Å². The van der Waals surface area contributed by atoms with Crippen LogP contribution in [0, 0.1) is 5.41 Å². The average Bonchev–Trinajstić information content (AvgIpc) is 2.24. The zero-order chi connectivity index (χ0) is 10.1. The Morgan fingerprint density at radius 2 is 2.15 bits per heavy atom. The highest BCUT2D eigenvalue weighted by molar-refractivity contribution is 5.79. The van der Waals surface area contributed by atoms with Crippen molar-refractivity contribution in [2.24, 2.45) is 5.41 Å². The zero-order valence-corrected chi connectivity index (χ0v) is 9.13. The predicted octanol–water partition coefficient (Wildman–Crippen LogP) is 0.806. The second kappa shape index (κ2) is 3.66. The minimum Gasteiger partial charge on any atom is -0.345 e. The highest BCUT2D eigenvalue weighted by Crippen LogP contribution is 2.33. The van der Waals surface area contributed by atoms with Gasteiger partial charge in [-0.15, -0.1) is 0 Å². The summed E-state index contributed by atoms with van der Waals surface area (Å²) in [6.07, 6.45) is 1.83. The molecule has 1 saturated heterocycles. The molecule has 0 radical (unpaired) electrons. The molecule has 76 valence electrons. The molecular formula is C10H20N2O. The molecule has 0 aromatic carbocycles. The quantitative estimate of drug-likeness (QED) is 0.648. The Labute approximate surface area is 80.7 Å². The number of carbonyl (C=O) groups excluding carboxylic acids is 1. The topological polar surface area (TPSA) is 23.6 Å². The summed E-state index contributed by atoms with van der Waals surface area (Å²) >= 11 is 0. The lowest BCUT2D eigenvalue weighted by Gasteiger charge is -2.24. The molecule has 1 amide bonds. The van der Waals surface area contributed by atoms with E-state index in [1.165, 1.54) is 0 Å². The van der Waals surface area contributed by atoms with Crippen LogP contribution in [0.15, 0.2) is 0 Å². The number of carbonyl (C=O) groups is 1. The Morgan fingerprint density at radius 3 is 2.54 bits per heavy atom. The summed E-state index contributed by atoms with van der Waals surface area (Å²) in [6.45, 7) is 4.19. The third kappa shape index (κ3) is 2.69. The molecule has 0 spiro atoms. The second-order valence-corrected chi connectivity index (χ2v) is 4.79. The maximum absolute atomic E-state index is 11.3. The molecule has 1 aliphatic heterocycles. The molecular weight excluding hydrogens is 164 g/mol. The Morgan fingerprint density at radius 1 is 1.54 bits per heavy atom. The summed E-state index contributed by atoms with van der Waals surface area (Å²) in [6, 6.07) is 0. The normalized spacial score (nSPS) is 29.0. The van der Waals surface area contributed by atoms with Gasteiger partial charge in [0.15, 0.2) is 0 Å². The molecule has 1 fully saturated rings. The zero-order valence-electron chi connectivity index (χ0n) is 9.13. The van der Waals surface area contributed by atoms with Crippen molar-refractivity contribution in [1.82, 2.24) is 9.80 Å². The molecule has 0 bridgehead atoms. The van der Waals surface area contributed by atoms with Gasteiger partial charge in [-0.25, -0.2) is 0 Å². The summed E-state index contributed by atoms with van der Waals surface area (Å²) in [5, 5.41) is 0. The molecule has 3 heteroatoms. The fourth-order valence-electron chi connectivity index (χ4n) is 1.88. The lowest BCUT2D eigenvalue weighted by atomic mass is 9.86. The van der Waals surface area contributed by atoms with E-state index in [2.05, 4.69) is 25.9 Å². The van der Waals surface area contributed by atoms with E-state index in [0.717, 1.165) is 25.9 Å². The van der Waals surface area contributed by atoms with E-state index < -0.39 is 0 Å². The van der Waals surface area contributed by atoms with E-state index in [1.807, 2.05) is 11.9 Å². The van der Waals surface area contributed by atoms with Crippen LogP contribution in [0.2, 0.25) is 0 Å². The van der Waals surface area contributed by atoms with Crippen molar-refractivity contribution in [1.29, 1.82) is 0 Å². The lowest BCUT2D eigenvalue weighted by Crippen LogP contribution is -2.26. The second-order valence-electron chi connectivity index (χ2n) is 4.79. The molecule has 1 rings (SSSR count). The van der Waals surface area contributed by atoms with Gasteiger partial charge in [-0.2, -0.15) is 0 Å². The predicted molar refractivity (Wildman–Crippen MR) is 53.5 cm³/mol. The van der Waals surface area contributed by atoms with Crippen molar-refractivity contribution in [3.63, 3.8) is 0 Å². The number of amides is 1. The van der Waals surface area contributed by atoms with Gasteiger partial charge in [-0.05, 0) is 32.5 Å². The van der Waals surface area contributed by atoms with Crippen LogP contribution in [0.25, 0.3) is 0 Å². The number of likely N-dealkylation sites (tertiary alicyclic amines) is 1. The Kier molecular flexibility index (Phi) is 2.96. The van der Waals surface area contributed by atoms with Crippen LogP contribution in [0.5, 0.6) is 0 Å². The lowest BCUT2D eigenvalue weighted by molar-refractivity contribution is -0.126. The highest BCUT2D eigenvalue weighted by atomic mass is 16.2. The van der Waals surface area contributed by atoms with Gasteiger partial charge in [0, 0.05) is 20.0 Å². The molecule has 0 N–H and O–H groups in total. The van der Waals surface area contributed by atoms with Crippen LogP contribution in [0.3, 0.4) is 0 Å². The van der Waals surface area contributed by atoms with Gasteiger partial charge in [0.25, 0.3) is 0 Å². The number of hydrogen-bond donors (Lipinski definition) is 0. The van der Waals surface area contributed by atoms with Crippen LogP contribution in [0.1, 0.15) is 19.8 Å². The van der Waals surface area contributed by atoms with Crippen molar-refractivity contribution in [3.8, 4) is 0 Å². The largest absolute Gasteiger partial charge is 0.345 e. The van der Waals surface area contributed by atoms with Crippen molar-refractivity contribution in [2.75, 3.05) is 34.2 Å². The standard InChI is InChI=1S/C10H20N2O/c1-10(5-6-11(2)3)7-9(13)12(4)8-10/h5-8H2,1-4H3. The van der Waals surface area contributed by atoms with Crippen molar-refractivity contribution in [2.45, 2.75) is 19.8 Å². The van der Waals surface area contributed by atoms with E-state index in [4.69, 9.17) is 0 Å². The van der Waals surface area contributed by atoms with Gasteiger partial charge in [0.1, 0.15) is 0 Å². The Bertz CT molecular complexity index is 203. The van der Waals surface area contributed by atoms with Crippen LogP contribution in [-0.2, 0) is 4.79 Å². The summed E-state index contributed by atoms with van der Waals surface area (Å²) in [7, 11) is 6.04. The third-order valence-corrected chi connectivity index (χ3v) is 2.79. The maximum Gasteiger partial charge on any atom is 0.222 e. The number of nitrogens with zero attached hydrogens (tertiary/aromatic N) is 2. The summed E-state index contributed by atoms with van der Waals surface area (Å²) in [5.41, 5.74) is 0.204. The van der Waals surface area contributed by atoms with Crippen molar-refractivity contribution < 1.29 is 4.79 Å². The minimum absolute atomic E-state index is 0.204. The molecule has 1 heterocycles. The van der Waals surface area contributed by atoms with E-state index in [0.29, 0.717) is 5.91 Å². The molecule has 3 nitrogen and oxygen atoms in total. The monoisotopic (exact) mass is 184 g/mol. The summed E-state index contributed by atoms with van der Waals surface area (Å²) < 4.78 is 0. The first-order valence-electron chi connectivity index (χ1n) is 4.82. The van der Waals surface area contributed by atoms with Gasteiger partial charge < -0.3 is 9.80 Å². The third-order valence-electron chi connectivity index (χ3n) is 2.79. The fraction of sp³-hybridized carbons (Fsp3) is 0.900. The fourth-order valence-corrected chi connectivity index (χ4v) is 1.88. The average molecular weight is 184 g/mol. The van der Waals surface area contributed by atoms with Crippen molar-refractivity contribution in [3.05, 3.63) is 0 Å². The highest BCUT2D eigenvalue weighted by Gasteiger charge is 2.36. The van der Waals surface area contributed by atoms with Gasteiger partial charge in [0.2, 0.25) is 5.91 Å². The first kappa shape index (κ1) is 10.5. The van der Waals surface area contributed by atoms with Gasteiger partial charge >= 0.3 is 0 Å². The van der Waals surface area contributed by atoms with Crippen molar-refractivity contribution >= 4 is 5.91 Å². The molecule has 13 heavy (non-hydrogen) atoms. The van der Waals surface area contributed by atoms with Gasteiger partial charge in [-0.3, -0.25) is 4.79 Å². The molecule has 1 aliphatic rings. The SMILES string of the molecule is CN(C)CCC1(C)CC(=O)N(C)C1. The number of rotatable bonds is 3. The summed E-state index contributed by atoms with van der Waals surface area (Å²) in [4.78, 5) is 15.4. The Hall–Kier alpha value is -0.570. The van der Waals surface area contributed by atoms with Crippen LogP contribution >= 0.6 is 0 Å². The molecule has 0 saturated carbocycles. The Balaban J connectivity index is 2.44. The first-order chi connectivity index (χ1) is 5.93. The van der Waals surface area contributed by atoms with E-state index >= 15 is 0 Å².